The molecule has 0 atom stereocenters. The standard InChI is InChI=1S/C9H9N.4C8H8N2/c1-7-6-8-4-2-3-5-9(8)10-7;1-6-4-7-5-9-3-2-8(7)10-6;1-6-4-7-2-3-9-5-8(7)10-6;1-6-5-8-7(10-6)3-2-4-9-8;1-6-5-7-3-2-4-9-8(7)10-6/h2-5H,6H2,1H3;2*2-3,5H,4H2,1H3;2*2-4H,5H2,1H3. The van der Waals surface area contributed by atoms with Crippen LogP contribution in [0, 0.1) is 0 Å². The van der Waals surface area contributed by atoms with Crippen LogP contribution in [0.15, 0.2) is 123 Å². The zero-order valence-electron chi connectivity index (χ0n) is 29.3. The van der Waals surface area contributed by atoms with Gasteiger partial charge in [0.05, 0.1) is 34.6 Å². The van der Waals surface area contributed by atoms with E-state index in [1.807, 2.05) is 88.9 Å². The van der Waals surface area contributed by atoms with Gasteiger partial charge in [-0.15, -0.1) is 0 Å². The molecule has 0 saturated heterocycles. The van der Waals surface area contributed by atoms with Crippen LogP contribution in [0.25, 0.3) is 0 Å². The van der Waals surface area contributed by atoms with Crippen molar-refractivity contribution in [3.05, 3.63) is 126 Å². The summed E-state index contributed by atoms with van der Waals surface area (Å²) in [4.78, 5) is 37.9. The van der Waals surface area contributed by atoms with Gasteiger partial charge in [0, 0.05) is 103 Å². The highest BCUT2D eigenvalue weighted by Crippen LogP contribution is 2.27. The molecule has 5 aromatic rings. The second kappa shape index (κ2) is 16.0. The van der Waals surface area contributed by atoms with Gasteiger partial charge in [-0.1, -0.05) is 24.3 Å². The molecular weight excluding hydrogens is 619 g/mol. The van der Waals surface area contributed by atoms with Crippen LogP contribution in [0.1, 0.15) is 62.6 Å². The number of benzene rings is 1. The van der Waals surface area contributed by atoms with Gasteiger partial charge in [0.1, 0.15) is 0 Å². The Kier molecular flexibility index (Phi) is 10.9. The first-order valence-corrected chi connectivity index (χ1v) is 16.8. The maximum atomic E-state index is 4.37. The van der Waals surface area contributed by atoms with Crippen LogP contribution in [-0.4, -0.2) is 48.5 Å². The number of hydrogen-bond acceptors (Lipinski definition) is 9. The Balaban J connectivity index is 0.000000108. The van der Waals surface area contributed by atoms with Crippen molar-refractivity contribution in [1.82, 2.24) is 19.9 Å². The van der Waals surface area contributed by atoms with E-state index in [4.69, 9.17) is 0 Å². The topological polar surface area (TPSA) is 113 Å². The predicted octanol–water partition coefficient (Wildman–Crippen LogP) is 9.26. The predicted molar refractivity (Wildman–Crippen MR) is 206 cm³/mol. The maximum absolute atomic E-state index is 4.37. The molecule has 0 unspecified atom stereocenters. The van der Waals surface area contributed by atoms with E-state index >= 15 is 0 Å². The van der Waals surface area contributed by atoms with Gasteiger partial charge in [-0.05, 0) is 82.1 Å². The smallest absolute Gasteiger partial charge is 0.155 e. The summed E-state index contributed by atoms with van der Waals surface area (Å²) in [5.41, 5.74) is 16.5. The molecule has 0 spiro atoms. The lowest BCUT2D eigenvalue weighted by molar-refractivity contribution is 1.17. The lowest BCUT2D eigenvalue weighted by Gasteiger charge is -1.91. The first-order valence-electron chi connectivity index (χ1n) is 16.8. The Morgan fingerprint density at radius 1 is 0.380 bits per heavy atom. The Hall–Kier alpha value is -5.83. The van der Waals surface area contributed by atoms with Crippen molar-refractivity contribution in [2.24, 2.45) is 25.0 Å². The molecule has 0 fully saturated rings. The maximum Gasteiger partial charge on any atom is 0.155 e. The van der Waals surface area contributed by atoms with E-state index in [0.717, 1.165) is 77.8 Å². The number of rotatable bonds is 0. The van der Waals surface area contributed by atoms with E-state index in [0.29, 0.717) is 0 Å². The van der Waals surface area contributed by atoms with Gasteiger partial charge in [0.25, 0.3) is 0 Å². The molecule has 0 N–H and O–H groups in total. The quantitative estimate of drug-likeness (QED) is 0.165. The monoisotopic (exact) mass is 659 g/mol. The zero-order chi connectivity index (χ0) is 34.9. The van der Waals surface area contributed by atoms with Gasteiger partial charge in [-0.3, -0.25) is 34.9 Å². The Morgan fingerprint density at radius 3 is 1.62 bits per heavy atom. The number of para-hydroxylation sites is 1. The molecule has 5 aliphatic rings. The average molecular weight is 660 g/mol. The number of aliphatic imine (C=N–C) groups is 5. The first-order chi connectivity index (χ1) is 24.3. The van der Waals surface area contributed by atoms with Gasteiger partial charge in [-0.25, -0.2) is 9.98 Å². The third-order valence-electron chi connectivity index (χ3n) is 8.24. The fourth-order valence-electron chi connectivity index (χ4n) is 5.98. The third kappa shape index (κ3) is 8.99. The average Bonchev–Trinajstić information content (AvgIpc) is 3.93. The van der Waals surface area contributed by atoms with Crippen molar-refractivity contribution in [3.8, 4) is 0 Å². The molecule has 0 amide bonds. The molecule has 0 aliphatic carbocycles. The largest absolute Gasteiger partial charge is 0.264 e. The molecule has 0 bridgehead atoms. The van der Waals surface area contributed by atoms with Crippen LogP contribution in [-0.2, 0) is 32.1 Å². The van der Waals surface area contributed by atoms with Crippen molar-refractivity contribution >= 4 is 57.1 Å². The highest BCUT2D eigenvalue weighted by molar-refractivity contribution is 5.93. The van der Waals surface area contributed by atoms with E-state index in [1.165, 1.54) is 39.4 Å². The van der Waals surface area contributed by atoms with Crippen LogP contribution in [0.3, 0.4) is 0 Å². The van der Waals surface area contributed by atoms with Crippen LogP contribution >= 0.6 is 0 Å². The number of hydrogen-bond donors (Lipinski definition) is 0. The van der Waals surface area contributed by atoms with Crippen molar-refractivity contribution in [3.63, 3.8) is 0 Å². The summed E-state index contributed by atoms with van der Waals surface area (Å²) in [6.45, 7) is 10.2. The molecule has 5 aliphatic heterocycles. The first kappa shape index (κ1) is 34.0. The minimum atomic E-state index is 0.903. The summed E-state index contributed by atoms with van der Waals surface area (Å²) >= 11 is 0. The molecule has 9 heteroatoms. The summed E-state index contributed by atoms with van der Waals surface area (Å²) < 4.78 is 0. The zero-order valence-corrected chi connectivity index (χ0v) is 29.3. The molecule has 0 saturated carbocycles. The van der Waals surface area contributed by atoms with E-state index in [1.54, 1.807) is 12.4 Å². The van der Waals surface area contributed by atoms with E-state index in [2.05, 4.69) is 76.1 Å². The van der Waals surface area contributed by atoms with Crippen molar-refractivity contribution in [1.29, 1.82) is 0 Å². The summed E-state index contributed by atoms with van der Waals surface area (Å²) in [5, 5.41) is 0. The van der Waals surface area contributed by atoms with Gasteiger partial charge in [-0.2, -0.15) is 0 Å². The van der Waals surface area contributed by atoms with Crippen LogP contribution in [0.2, 0.25) is 0 Å². The highest BCUT2D eigenvalue weighted by atomic mass is 14.9. The second-order valence-electron chi connectivity index (χ2n) is 12.7. The third-order valence-corrected chi connectivity index (χ3v) is 8.24. The summed E-state index contributed by atoms with van der Waals surface area (Å²) in [6.07, 6.45) is 15.8. The molecule has 50 heavy (non-hydrogen) atoms. The number of fused-ring (bicyclic) bond motifs is 5. The SMILES string of the molecule is CC1=Nc2ccccc2C1.CC1=Nc2cccnc2C1.CC1=Nc2ccncc2C1.CC1=Nc2cnccc2C1.CC1=Nc2ncccc2C1. The van der Waals surface area contributed by atoms with Gasteiger partial charge in [0.2, 0.25) is 0 Å². The number of pyridine rings is 4. The van der Waals surface area contributed by atoms with Gasteiger partial charge < -0.3 is 0 Å². The Bertz CT molecular complexity index is 1800. The lowest BCUT2D eigenvalue weighted by Crippen LogP contribution is -1.90. The second-order valence-corrected chi connectivity index (χ2v) is 12.7. The van der Waals surface area contributed by atoms with E-state index in [-0.39, 0.29) is 0 Å². The normalized spacial score (nSPS) is 14.7. The fourth-order valence-corrected chi connectivity index (χ4v) is 5.98. The summed E-state index contributed by atoms with van der Waals surface area (Å²) in [5.74, 6) is 0.903. The molecule has 1 aromatic carbocycles. The molecule has 250 valence electrons. The molecule has 10 rings (SSSR count). The summed E-state index contributed by atoms with van der Waals surface area (Å²) in [7, 11) is 0. The van der Waals surface area contributed by atoms with Gasteiger partial charge >= 0.3 is 0 Å². The Morgan fingerprint density at radius 2 is 0.900 bits per heavy atom. The molecule has 9 nitrogen and oxygen atoms in total. The van der Waals surface area contributed by atoms with Gasteiger partial charge in [0.15, 0.2) is 5.82 Å². The molecule has 0 radical (unpaired) electrons. The molecular formula is C41H41N9. The van der Waals surface area contributed by atoms with E-state index in [9.17, 15) is 0 Å². The van der Waals surface area contributed by atoms with E-state index < -0.39 is 0 Å². The molecule has 9 heterocycles. The molecule has 4 aromatic heterocycles. The Labute approximate surface area is 293 Å². The fraction of sp³-hybridized carbons (Fsp3) is 0.244. The summed E-state index contributed by atoms with van der Waals surface area (Å²) in [6, 6.07) is 20.2. The minimum absolute atomic E-state index is 0.903. The van der Waals surface area contributed by atoms with Crippen molar-refractivity contribution in [2.75, 3.05) is 0 Å². The lowest BCUT2D eigenvalue weighted by atomic mass is 10.1. The number of nitrogens with zero attached hydrogens (tertiary/aromatic N) is 9. The van der Waals surface area contributed by atoms with Crippen LogP contribution in [0.5, 0.6) is 0 Å². The van der Waals surface area contributed by atoms with Crippen LogP contribution in [0.4, 0.5) is 28.6 Å². The number of aromatic nitrogens is 4. The highest BCUT2D eigenvalue weighted by Gasteiger charge is 2.12. The van der Waals surface area contributed by atoms with Crippen LogP contribution < -0.4 is 0 Å². The minimum Gasteiger partial charge on any atom is -0.264 e. The van der Waals surface area contributed by atoms with Crippen molar-refractivity contribution in [2.45, 2.75) is 66.7 Å². The van der Waals surface area contributed by atoms with Crippen molar-refractivity contribution < 1.29 is 0 Å².